The Morgan fingerprint density at radius 1 is 1.32 bits per heavy atom. The largest absolute Gasteiger partial charge is 0.393 e. The molecule has 108 valence electrons. The Bertz CT molecular complexity index is 345. The molecule has 0 aromatic carbocycles. The van der Waals surface area contributed by atoms with Gasteiger partial charge in [-0.1, -0.05) is 0 Å². The second-order valence-electron chi connectivity index (χ2n) is 5.56. The average molecular weight is 268 g/mol. The van der Waals surface area contributed by atoms with E-state index in [0.29, 0.717) is 6.04 Å². The Balaban J connectivity index is 1.94. The second kappa shape index (κ2) is 6.23. The molecule has 0 bridgehead atoms. The second-order valence-corrected chi connectivity index (χ2v) is 5.56. The van der Waals surface area contributed by atoms with Crippen molar-refractivity contribution in [2.75, 3.05) is 33.7 Å². The molecule has 0 aromatic heterocycles. The van der Waals surface area contributed by atoms with Crippen LogP contribution in [0.3, 0.4) is 0 Å². The van der Waals surface area contributed by atoms with Crippen molar-refractivity contribution in [3.8, 4) is 0 Å². The first-order chi connectivity index (χ1) is 9.06. The molecule has 2 rings (SSSR count). The number of aliphatic hydroxyl groups excluding tert-OH is 1. The van der Waals surface area contributed by atoms with E-state index < -0.39 is 0 Å². The van der Waals surface area contributed by atoms with E-state index in [4.69, 9.17) is 0 Å². The predicted molar refractivity (Wildman–Crippen MR) is 74.0 cm³/mol. The summed E-state index contributed by atoms with van der Waals surface area (Å²) in [7, 11) is 3.48. The lowest BCUT2D eigenvalue weighted by atomic mass is 10.1. The number of carbonyl (C=O) groups is 1. The van der Waals surface area contributed by atoms with Gasteiger partial charge in [0.2, 0.25) is 5.91 Å². The van der Waals surface area contributed by atoms with Crippen LogP contribution in [0.5, 0.6) is 0 Å². The van der Waals surface area contributed by atoms with Gasteiger partial charge >= 0.3 is 0 Å². The summed E-state index contributed by atoms with van der Waals surface area (Å²) in [6.07, 6.45) is 3.70. The minimum absolute atomic E-state index is 0.00661. The number of rotatable bonds is 3. The highest BCUT2D eigenvalue weighted by Crippen LogP contribution is 2.20. The molecule has 2 N–H and O–H groups in total. The minimum Gasteiger partial charge on any atom is -0.393 e. The average Bonchev–Trinajstić information content (AvgIpc) is 3.19. The van der Waals surface area contributed by atoms with E-state index in [1.54, 1.807) is 19.0 Å². The number of likely N-dealkylation sites (N-methyl/N-ethyl adjacent to an activating group) is 1. The van der Waals surface area contributed by atoms with Crippen molar-refractivity contribution in [1.29, 1.82) is 0 Å². The SMILES string of the molecule is CN(C)C(=O)CN=C(NC1CC1)N1CCC(O)CC1. The lowest BCUT2D eigenvalue weighted by molar-refractivity contribution is -0.127. The maximum Gasteiger partial charge on any atom is 0.243 e. The number of nitrogens with zero attached hydrogens (tertiary/aromatic N) is 3. The summed E-state index contributed by atoms with van der Waals surface area (Å²) in [6.45, 7) is 1.78. The van der Waals surface area contributed by atoms with Gasteiger partial charge in [-0.05, 0) is 25.7 Å². The number of likely N-dealkylation sites (tertiary alicyclic amines) is 1. The molecule has 6 heteroatoms. The third kappa shape index (κ3) is 4.38. The van der Waals surface area contributed by atoms with Gasteiger partial charge in [-0.15, -0.1) is 0 Å². The highest BCUT2D eigenvalue weighted by Gasteiger charge is 2.26. The highest BCUT2D eigenvalue weighted by atomic mass is 16.3. The molecule has 2 fully saturated rings. The van der Waals surface area contributed by atoms with Crippen LogP contribution in [0.4, 0.5) is 0 Å². The van der Waals surface area contributed by atoms with Crippen molar-refractivity contribution >= 4 is 11.9 Å². The van der Waals surface area contributed by atoms with Crippen molar-refractivity contribution in [2.45, 2.75) is 37.8 Å². The molecule has 1 aliphatic heterocycles. The van der Waals surface area contributed by atoms with Crippen LogP contribution in [0.25, 0.3) is 0 Å². The molecule has 0 aromatic rings. The fraction of sp³-hybridized carbons (Fsp3) is 0.846. The van der Waals surface area contributed by atoms with Gasteiger partial charge in [-0.25, -0.2) is 4.99 Å². The van der Waals surface area contributed by atoms with Crippen LogP contribution in [-0.2, 0) is 4.79 Å². The van der Waals surface area contributed by atoms with Crippen LogP contribution in [0.1, 0.15) is 25.7 Å². The van der Waals surface area contributed by atoms with Gasteiger partial charge in [-0.2, -0.15) is 0 Å². The number of carbonyl (C=O) groups excluding carboxylic acids is 1. The summed E-state index contributed by atoms with van der Waals surface area (Å²) in [5.41, 5.74) is 0. The number of nitrogens with one attached hydrogen (secondary N) is 1. The van der Waals surface area contributed by atoms with Crippen LogP contribution in [0.15, 0.2) is 4.99 Å². The van der Waals surface area contributed by atoms with E-state index in [1.165, 1.54) is 12.8 Å². The van der Waals surface area contributed by atoms with Crippen LogP contribution in [0, 0.1) is 0 Å². The molecular weight excluding hydrogens is 244 g/mol. The van der Waals surface area contributed by atoms with E-state index in [2.05, 4.69) is 15.2 Å². The normalized spacial score (nSPS) is 21.4. The standard InChI is InChI=1S/C13H24N4O2/c1-16(2)12(19)9-14-13(15-10-3-4-10)17-7-5-11(18)6-8-17/h10-11,18H,3-9H2,1-2H3,(H,14,15). The number of aliphatic hydroxyl groups is 1. The monoisotopic (exact) mass is 268 g/mol. The van der Waals surface area contributed by atoms with Crippen molar-refractivity contribution in [3.63, 3.8) is 0 Å². The molecule has 1 heterocycles. The predicted octanol–water partition coefficient (Wildman–Crippen LogP) is -0.361. The van der Waals surface area contributed by atoms with Gasteiger partial charge in [0.1, 0.15) is 6.54 Å². The third-order valence-electron chi connectivity index (χ3n) is 3.54. The van der Waals surface area contributed by atoms with E-state index >= 15 is 0 Å². The zero-order chi connectivity index (χ0) is 13.8. The topological polar surface area (TPSA) is 68.2 Å². The molecule has 6 nitrogen and oxygen atoms in total. The molecule has 2 aliphatic rings. The molecule has 0 unspecified atom stereocenters. The zero-order valence-corrected chi connectivity index (χ0v) is 11.8. The van der Waals surface area contributed by atoms with E-state index in [9.17, 15) is 9.90 Å². The maximum absolute atomic E-state index is 11.6. The van der Waals surface area contributed by atoms with Gasteiger partial charge in [0.25, 0.3) is 0 Å². The highest BCUT2D eigenvalue weighted by molar-refractivity contribution is 5.85. The Hall–Kier alpha value is -1.30. The first kappa shape index (κ1) is 14.1. The molecule has 1 saturated heterocycles. The molecule has 1 saturated carbocycles. The summed E-state index contributed by atoms with van der Waals surface area (Å²) in [5.74, 6) is 0.830. The Kier molecular flexibility index (Phi) is 4.63. The van der Waals surface area contributed by atoms with Gasteiger partial charge in [-0.3, -0.25) is 4.79 Å². The van der Waals surface area contributed by atoms with Gasteiger partial charge in [0.15, 0.2) is 5.96 Å². The molecule has 0 radical (unpaired) electrons. The number of aliphatic imine (C=N–C) groups is 1. The molecular formula is C13H24N4O2. The fourth-order valence-corrected chi connectivity index (χ4v) is 2.01. The van der Waals surface area contributed by atoms with Crippen molar-refractivity contribution in [3.05, 3.63) is 0 Å². The molecule has 0 atom stereocenters. The minimum atomic E-state index is -0.193. The molecule has 19 heavy (non-hydrogen) atoms. The smallest absolute Gasteiger partial charge is 0.243 e. The zero-order valence-electron chi connectivity index (χ0n) is 11.8. The lowest BCUT2D eigenvalue weighted by Crippen LogP contribution is -2.47. The number of hydrogen-bond donors (Lipinski definition) is 2. The Morgan fingerprint density at radius 3 is 2.47 bits per heavy atom. The summed E-state index contributed by atoms with van der Waals surface area (Å²) in [6, 6.07) is 0.514. The lowest BCUT2D eigenvalue weighted by Gasteiger charge is -2.32. The van der Waals surface area contributed by atoms with Crippen LogP contribution in [-0.4, -0.2) is 72.6 Å². The Morgan fingerprint density at radius 2 is 1.95 bits per heavy atom. The Labute approximate surface area is 114 Å². The van der Waals surface area contributed by atoms with E-state index in [1.807, 2.05) is 0 Å². The van der Waals surface area contributed by atoms with Crippen LogP contribution in [0.2, 0.25) is 0 Å². The maximum atomic E-state index is 11.6. The molecule has 0 spiro atoms. The summed E-state index contributed by atoms with van der Waals surface area (Å²) in [4.78, 5) is 19.7. The number of amides is 1. The number of piperidine rings is 1. The summed E-state index contributed by atoms with van der Waals surface area (Å²) >= 11 is 0. The van der Waals surface area contributed by atoms with E-state index in [0.717, 1.165) is 31.9 Å². The summed E-state index contributed by atoms with van der Waals surface area (Å²) < 4.78 is 0. The number of guanidine groups is 1. The van der Waals surface area contributed by atoms with Crippen LogP contribution < -0.4 is 5.32 Å². The van der Waals surface area contributed by atoms with Crippen molar-refractivity contribution < 1.29 is 9.90 Å². The summed E-state index contributed by atoms with van der Waals surface area (Å²) in [5, 5.41) is 12.9. The first-order valence-corrected chi connectivity index (χ1v) is 7.00. The van der Waals surface area contributed by atoms with Crippen LogP contribution >= 0.6 is 0 Å². The first-order valence-electron chi connectivity index (χ1n) is 7.00. The van der Waals surface area contributed by atoms with Gasteiger partial charge in [0, 0.05) is 33.2 Å². The van der Waals surface area contributed by atoms with Crippen molar-refractivity contribution in [2.24, 2.45) is 4.99 Å². The quantitative estimate of drug-likeness (QED) is 0.542. The fourth-order valence-electron chi connectivity index (χ4n) is 2.01. The molecule has 1 amide bonds. The third-order valence-corrected chi connectivity index (χ3v) is 3.54. The van der Waals surface area contributed by atoms with Gasteiger partial charge < -0.3 is 20.2 Å². The molecule has 1 aliphatic carbocycles. The van der Waals surface area contributed by atoms with Gasteiger partial charge in [0.05, 0.1) is 6.10 Å². The number of hydrogen-bond acceptors (Lipinski definition) is 3. The van der Waals surface area contributed by atoms with Crippen molar-refractivity contribution in [1.82, 2.24) is 15.1 Å². The van der Waals surface area contributed by atoms with E-state index in [-0.39, 0.29) is 18.6 Å².